The van der Waals surface area contributed by atoms with Crippen molar-refractivity contribution in [2.45, 2.75) is 23.4 Å². The molecule has 1 amide bonds. The van der Waals surface area contributed by atoms with Gasteiger partial charge in [0.2, 0.25) is 5.91 Å². The predicted octanol–water partition coefficient (Wildman–Crippen LogP) is 5.42. The van der Waals surface area contributed by atoms with Gasteiger partial charge in [0.25, 0.3) is 0 Å². The van der Waals surface area contributed by atoms with E-state index in [2.05, 4.69) is 15.3 Å². The number of thioether (sulfide) groups is 1. The Kier molecular flexibility index (Phi) is 5.57. The number of aromatic nitrogens is 2. The molecule has 3 aromatic rings. The summed E-state index contributed by atoms with van der Waals surface area (Å²) in [5, 5.41) is 3.27. The summed E-state index contributed by atoms with van der Waals surface area (Å²) in [7, 11) is 0. The zero-order valence-electron chi connectivity index (χ0n) is 13.9. The summed E-state index contributed by atoms with van der Waals surface area (Å²) in [6.07, 6.45) is -3.12. The van der Waals surface area contributed by atoms with Crippen LogP contribution in [0, 0.1) is 0 Å². The molecule has 3 rings (SSSR count). The molecule has 0 bridgehead atoms. The van der Waals surface area contributed by atoms with Crippen LogP contribution in [0.3, 0.4) is 0 Å². The first kappa shape index (κ1) is 19.4. The number of benzene rings is 2. The van der Waals surface area contributed by atoms with Crippen LogP contribution in [-0.4, -0.2) is 21.1 Å². The number of amides is 1. The van der Waals surface area contributed by atoms with E-state index in [0.29, 0.717) is 5.03 Å². The number of anilines is 1. The van der Waals surface area contributed by atoms with Crippen LogP contribution in [0.1, 0.15) is 12.5 Å². The van der Waals surface area contributed by atoms with Crippen LogP contribution in [0.4, 0.5) is 18.9 Å². The quantitative estimate of drug-likeness (QED) is 0.460. The molecule has 0 aliphatic heterocycles. The van der Waals surface area contributed by atoms with Crippen molar-refractivity contribution in [2.24, 2.45) is 0 Å². The van der Waals surface area contributed by atoms with Crippen LogP contribution in [-0.2, 0) is 11.0 Å². The van der Waals surface area contributed by atoms with Crippen LogP contribution in [0.25, 0.3) is 10.9 Å². The Morgan fingerprint density at radius 2 is 1.93 bits per heavy atom. The van der Waals surface area contributed by atoms with E-state index >= 15 is 0 Å². The summed E-state index contributed by atoms with van der Waals surface area (Å²) in [6, 6.07) is 10.1. The van der Waals surface area contributed by atoms with Crippen molar-refractivity contribution >= 4 is 45.9 Å². The van der Waals surface area contributed by atoms with Crippen LogP contribution < -0.4 is 5.32 Å². The number of hydrogen-bond donors (Lipinski definition) is 1. The van der Waals surface area contributed by atoms with E-state index in [4.69, 9.17) is 11.6 Å². The van der Waals surface area contributed by atoms with Crippen LogP contribution in [0.5, 0.6) is 0 Å². The molecule has 1 heterocycles. The highest BCUT2D eigenvalue weighted by Gasteiger charge is 2.31. The summed E-state index contributed by atoms with van der Waals surface area (Å²) in [6.45, 7) is 1.64. The maximum absolute atomic E-state index is 12.9. The number of alkyl halides is 3. The number of halogens is 4. The Morgan fingerprint density at radius 3 is 2.67 bits per heavy atom. The number of nitrogens with one attached hydrogen (secondary N) is 1. The Balaban J connectivity index is 1.78. The molecule has 2 aromatic carbocycles. The molecule has 140 valence electrons. The van der Waals surface area contributed by atoms with Gasteiger partial charge in [0.1, 0.15) is 11.4 Å². The van der Waals surface area contributed by atoms with E-state index < -0.39 is 22.9 Å². The van der Waals surface area contributed by atoms with Gasteiger partial charge in [0.15, 0.2) is 0 Å². The molecule has 4 nitrogen and oxygen atoms in total. The van der Waals surface area contributed by atoms with Crippen molar-refractivity contribution in [1.82, 2.24) is 9.97 Å². The van der Waals surface area contributed by atoms with Gasteiger partial charge in [-0.05, 0) is 31.2 Å². The van der Waals surface area contributed by atoms with E-state index in [1.54, 1.807) is 6.92 Å². The minimum atomic E-state index is -4.52. The molecule has 1 atom stereocenters. The predicted molar refractivity (Wildman–Crippen MR) is 99.9 cm³/mol. The van der Waals surface area contributed by atoms with Crippen molar-refractivity contribution in [1.29, 1.82) is 0 Å². The number of rotatable bonds is 4. The molecule has 0 saturated heterocycles. The van der Waals surface area contributed by atoms with Gasteiger partial charge in [0, 0.05) is 5.39 Å². The molecule has 0 aliphatic rings. The Bertz CT molecular complexity index is 992. The van der Waals surface area contributed by atoms with E-state index in [1.165, 1.54) is 18.1 Å². The van der Waals surface area contributed by atoms with Gasteiger partial charge in [-0.1, -0.05) is 41.6 Å². The molecule has 9 heteroatoms. The highest BCUT2D eigenvalue weighted by molar-refractivity contribution is 8.00. The molecule has 1 aromatic heterocycles. The van der Waals surface area contributed by atoms with Crippen molar-refractivity contribution in [2.75, 3.05) is 5.32 Å². The normalized spacial score (nSPS) is 12.8. The zero-order chi connectivity index (χ0) is 19.6. The molecule has 1 unspecified atom stereocenters. The molecular weight excluding hydrogens is 399 g/mol. The van der Waals surface area contributed by atoms with Crippen molar-refractivity contribution in [3.8, 4) is 0 Å². The topological polar surface area (TPSA) is 54.9 Å². The van der Waals surface area contributed by atoms with Crippen LogP contribution in [0.2, 0.25) is 5.02 Å². The SMILES string of the molecule is CC(Sc1ncnc2ccccc12)C(=O)Nc1cc(C(F)(F)F)ccc1Cl. The highest BCUT2D eigenvalue weighted by atomic mass is 35.5. The number of hydrogen-bond acceptors (Lipinski definition) is 4. The molecule has 0 saturated carbocycles. The van der Waals surface area contributed by atoms with Crippen LogP contribution >= 0.6 is 23.4 Å². The Hall–Kier alpha value is -2.32. The van der Waals surface area contributed by atoms with Crippen molar-refractivity contribution in [3.05, 3.63) is 59.4 Å². The number of nitrogens with zero attached hydrogens (tertiary/aromatic N) is 2. The second-order valence-electron chi connectivity index (χ2n) is 5.64. The minimum Gasteiger partial charge on any atom is -0.324 e. The third kappa shape index (κ3) is 4.51. The van der Waals surface area contributed by atoms with Gasteiger partial charge in [-0.15, -0.1) is 0 Å². The van der Waals surface area contributed by atoms with Crippen LogP contribution in [0.15, 0.2) is 53.8 Å². The molecule has 0 aliphatic carbocycles. The number of fused-ring (bicyclic) bond motifs is 1. The fourth-order valence-corrected chi connectivity index (χ4v) is 3.40. The third-order valence-corrected chi connectivity index (χ3v) is 5.16. The number of carbonyl (C=O) groups excluding carboxylic acids is 1. The van der Waals surface area contributed by atoms with E-state index in [-0.39, 0.29) is 10.7 Å². The maximum atomic E-state index is 12.9. The third-order valence-electron chi connectivity index (χ3n) is 3.72. The van der Waals surface area contributed by atoms with Crippen molar-refractivity contribution < 1.29 is 18.0 Å². The van der Waals surface area contributed by atoms with Gasteiger partial charge >= 0.3 is 6.18 Å². The van der Waals surface area contributed by atoms with Gasteiger partial charge in [-0.3, -0.25) is 4.79 Å². The van der Waals surface area contributed by atoms with Gasteiger partial charge in [-0.25, -0.2) is 9.97 Å². The second-order valence-corrected chi connectivity index (χ2v) is 7.37. The monoisotopic (exact) mass is 411 g/mol. The lowest BCUT2D eigenvalue weighted by atomic mass is 10.2. The summed E-state index contributed by atoms with van der Waals surface area (Å²) in [4.78, 5) is 20.8. The first-order valence-corrected chi connectivity index (χ1v) is 9.05. The molecular formula is C18H13ClF3N3OS. The number of carbonyl (C=O) groups is 1. The fourth-order valence-electron chi connectivity index (χ4n) is 2.33. The summed E-state index contributed by atoms with van der Waals surface area (Å²) >= 11 is 7.11. The minimum absolute atomic E-state index is 0.0287. The molecule has 27 heavy (non-hydrogen) atoms. The first-order valence-electron chi connectivity index (χ1n) is 7.79. The molecule has 0 radical (unpaired) electrons. The van der Waals surface area contributed by atoms with Gasteiger partial charge < -0.3 is 5.32 Å². The van der Waals surface area contributed by atoms with Gasteiger partial charge in [-0.2, -0.15) is 13.2 Å². The lowest BCUT2D eigenvalue weighted by molar-refractivity contribution is -0.137. The average molecular weight is 412 g/mol. The summed E-state index contributed by atoms with van der Waals surface area (Å²) in [5.74, 6) is -0.482. The van der Waals surface area contributed by atoms with E-state index in [1.807, 2.05) is 24.3 Å². The number of para-hydroxylation sites is 1. The smallest absolute Gasteiger partial charge is 0.324 e. The Morgan fingerprint density at radius 1 is 1.19 bits per heavy atom. The largest absolute Gasteiger partial charge is 0.416 e. The average Bonchev–Trinajstić information content (AvgIpc) is 2.62. The fraction of sp³-hybridized carbons (Fsp3) is 0.167. The second kappa shape index (κ2) is 7.74. The van der Waals surface area contributed by atoms with Crippen molar-refractivity contribution in [3.63, 3.8) is 0 Å². The molecule has 0 spiro atoms. The maximum Gasteiger partial charge on any atom is 0.416 e. The first-order chi connectivity index (χ1) is 12.8. The lowest BCUT2D eigenvalue weighted by Crippen LogP contribution is -2.23. The molecule has 1 N–H and O–H groups in total. The summed E-state index contributed by atoms with van der Waals surface area (Å²) in [5.41, 5.74) is -0.232. The lowest BCUT2D eigenvalue weighted by Gasteiger charge is -2.15. The van der Waals surface area contributed by atoms with E-state index in [0.717, 1.165) is 29.1 Å². The Labute approximate surface area is 162 Å². The van der Waals surface area contributed by atoms with E-state index in [9.17, 15) is 18.0 Å². The van der Waals surface area contributed by atoms with Gasteiger partial charge in [0.05, 0.1) is 27.0 Å². The highest BCUT2D eigenvalue weighted by Crippen LogP contribution is 2.34. The summed E-state index contributed by atoms with van der Waals surface area (Å²) < 4.78 is 38.6. The standard InChI is InChI=1S/C18H13ClF3N3OS/c1-10(27-17-12-4-2-3-5-14(12)23-9-24-17)16(26)25-15-8-11(18(20,21)22)6-7-13(15)19/h2-10H,1H3,(H,25,26). The molecule has 0 fully saturated rings. The zero-order valence-corrected chi connectivity index (χ0v) is 15.5.